The fourth-order valence-corrected chi connectivity index (χ4v) is 5.33. The quantitative estimate of drug-likeness (QED) is 0.738. The highest BCUT2D eigenvalue weighted by Crippen LogP contribution is 2.60. The second-order valence-corrected chi connectivity index (χ2v) is 8.32. The molecule has 0 saturated heterocycles. The third-order valence-corrected chi connectivity index (χ3v) is 6.93. The number of esters is 1. The van der Waals surface area contributed by atoms with Crippen LogP contribution in [0.3, 0.4) is 0 Å². The van der Waals surface area contributed by atoms with Crippen molar-refractivity contribution in [3.05, 3.63) is 11.6 Å². The van der Waals surface area contributed by atoms with Crippen molar-refractivity contribution in [2.75, 3.05) is 6.61 Å². The molecule has 0 spiro atoms. The van der Waals surface area contributed by atoms with E-state index in [1.54, 1.807) is 6.08 Å². The van der Waals surface area contributed by atoms with E-state index in [2.05, 4.69) is 20.8 Å². The molecule has 3 rings (SSSR count). The molecular weight excluding hydrogens is 276 g/mol. The first-order valence-electron chi connectivity index (χ1n) is 8.71. The van der Waals surface area contributed by atoms with Gasteiger partial charge in [0.2, 0.25) is 0 Å². The van der Waals surface area contributed by atoms with E-state index in [9.17, 15) is 9.59 Å². The van der Waals surface area contributed by atoms with Gasteiger partial charge in [-0.2, -0.15) is 0 Å². The maximum absolute atomic E-state index is 12.0. The van der Waals surface area contributed by atoms with Gasteiger partial charge >= 0.3 is 5.97 Å². The summed E-state index contributed by atoms with van der Waals surface area (Å²) in [5.41, 5.74) is 1.59. The van der Waals surface area contributed by atoms with Crippen molar-refractivity contribution in [3.63, 3.8) is 0 Å². The highest BCUT2D eigenvalue weighted by molar-refractivity contribution is 5.85. The number of ether oxygens (including phenoxy) is 1. The van der Waals surface area contributed by atoms with Gasteiger partial charge < -0.3 is 4.74 Å². The van der Waals surface area contributed by atoms with Crippen molar-refractivity contribution >= 4 is 11.8 Å². The molecule has 2 fully saturated rings. The Balaban J connectivity index is 1.77. The molecule has 1 heterocycles. The van der Waals surface area contributed by atoms with Crippen molar-refractivity contribution in [2.24, 2.45) is 22.7 Å². The smallest absolute Gasteiger partial charge is 0.331 e. The first-order valence-corrected chi connectivity index (χ1v) is 8.71. The number of carbonyl (C=O) groups excluding carboxylic acids is 2. The Labute approximate surface area is 133 Å². The molecule has 0 bridgehead atoms. The minimum atomic E-state index is -0.190. The third-order valence-electron chi connectivity index (χ3n) is 6.93. The average Bonchev–Trinajstić information content (AvgIpc) is 2.87. The minimum Gasteiger partial charge on any atom is -0.458 e. The van der Waals surface area contributed by atoms with E-state index in [1.165, 1.54) is 12.8 Å². The van der Waals surface area contributed by atoms with Crippen LogP contribution >= 0.6 is 0 Å². The number of rotatable bonds is 3. The van der Waals surface area contributed by atoms with Gasteiger partial charge in [-0.1, -0.05) is 20.8 Å². The predicted molar refractivity (Wildman–Crippen MR) is 85.2 cm³/mol. The molecule has 3 nitrogen and oxygen atoms in total. The number of ketones is 1. The first kappa shape index (κ1) is 15.8. The molecule has 0 aromatic heterocycles. The standard InChI is InChI=1S/C19H28O3/c1-13-6-8-18(2)11-15(20)4-5-16(18)19(13,3)9-7-14-10-17(21)22-12-14/h10,13,16H,4-9,11-12H2,1-3H3/t13-,16+,18+,19+/m1/s1. The molecule has 22 heavy (non-hydrogen) atoms. The van der Waals surface area contributed by atoms with Crippen LogP contribution in [0.15, 0.2) is 11.6 Å². The Morgan fingerprint density at radius 3 is 2.73 bits per heavy atom. The zero-order chi connectivity index (χ0) is 16.0. The summed E-state index contributed by atoms with van der Waals surface area (Å²) in [4.78, 5) is 23.2. The average molecular weight is 304 g/mol. The zero-order valence-electron chi connectivity index (χ0n) is 14.1. The molecule has 0 aromatic carbocycles. The molecule has 122 valence electrons. The summed E-state index contributed by atoms with van der Waals surface area (Å²) in [5, 5.41) is 0. The van der Waals surface area contributed by atoms with Crippen LogP contribution in [-0.2, 0) is 14.3 Å². The van der Waals surface area contributed by atoms with Gasteiger partial charge in [-0.3, -0.25) is 4.79 Å². The maximum atomic E-state index is 12.0. The summed E-state index contributed by atoms with van der Waals surface area (Å²) in [6, 6.07) is 0. The van der Waals surface area contributed by atoms with Gasteiger partial charge in [-0.15, -0.1) is 0 Å². The van der Waals surface area contributed by atoms with Crippen LogP contribution in [0.25, 0.3) is 0 Å². The largest absolute Gasteiger partial charge is 0.458 e. The molecule has 3 heteroatoms. The molecule has 0 aromatic rings. The van der Waals surface area contributed by atoms with Gasteiger partial charge in [0.15, 0.2) is 0 Å². The van der Waals surface area contributed by atoms with E-state index >= 15 is 0 Å². The SMILES string of the molecule is C[C@@H]1CC[C@@]2(C)CC(=O)CC[C@@H]2[C@@]1(C)CCC1=CC(=O)OC1. The summed E-state index contributed by atoms with van der Waals surface area (Å²) >= 11 is 0. The third kappa shape index (κ3) is 2.63. The molecule has 0 N–H and O–H groups in total. The summed E-state index contributed by atoms with van der Waals surface area (Å²) in [6.45, 7) is 7.61. The lowest BCUT2D eigenvalue weighted by atomic mass is 9.47. The summed E-state index contributed by atoms with van der Waals surface area (Å²) in [7, 11) is 0. The van der Waals surface area contributed by atoms with Gasteiger partial charge in [0.1, 0.15) is 12.4 Å². The van der Waals surface area contributed by atoms with E-state index < -0.39 is 0 Å². The Bertz CT molecular complexity index is 521. The van der Waals surface area contributed by atoms with Crippen molar-refractivity contribution < 1.29 is 14.3 Å². The second-order valence-electron chi connectivity index (χ2n) is 8.32. The monoisotopic (exact) mass is 304 g/mol. The molecule has 4 atom stereocenters. The number of fused-ring (bicyclic) bond motifs is 1. The van der Waals surface area contributed by atoms with Crippen LogP contribution in [0.2, 0.25) is 0 Å². The van der Waals surface area contributed by atoms with Crippen LogP contribution in [0.5, 0.6) is 0 Å². The van der Waals surface area contributed by atoms with Crippen LogP contribution in [-0.4, -0.2) is 18.4 Å². The van der Waals surface area contributed by atoms with E-state index in [0.717, 1.165) is 37.7 Å². The Morgan fingerprint density at radius 2 is 2.05 bits per heavy atom. The molecule has 2 aliphatic carbocycles. The topological polar surface area (TPSA) is 43.4 Å². The fraction of sp³-hybridized carbons (Fsp3) is 0.789. The van der Waals surface area contributed by atoms with E-state index in [4.69, 9.17) is 4.74 Å². The lowest BCUT2D eigenvalue weighted by molar-refractivity contribution is -0.136. The molecule has 0 amide bonds. The van der Waals surface area contributed by atoms with E-state index in [0.29, 0.717) is 24.2 Å². The van der Waals surface area contributed by atoms with Crippen molar-refractivity contribution in [2.45, 2.75) is 65.7 Å². The molecule has 0 radical (unpaired) electrons. The number of Topliss-reactive ketones (excluding diaryl/α,β-unsaturated/α-hetero) is 1. The van der Waals surface area contributed by atoms with Crippen LogP contribution in [0, 0.1) is 22.7 Å². The lowest BCUT2D eigenvalue weighted by Gasteiger charge is -2.57. The second kappa shape index (κ2) is 5.50. The van der Waals surface area contributed by atoms with E-state index in [-0.39, 0.29) is 16.8 Å². The van der Waals surface area contributed by atoms with Crippen molar-refractivity contribution in [1.29, 1.82) is 0 Å². The van der Waals surface area contributed by atoms with Crippen LogP contribution < -0.4 is 0 Å². The fourth-order valence-electron chi connectivity index (χ4n) is 5.33. The highest BCUT2D eigenvalue weighted by Gasteiger charge is 2.53. The maximum Gasteiger partial charge on any atom is 0.331 e. The molecule has 1 aliphatic heterocycles. The zero-order valence-corrected chi connectivity index (χ0v) is 14.1. The Morgan fingerprint density at radius 1 is 1.27 bits per heavy atom. The molecule has 0 unspecified atom stereocenters. The molecule has 3 aliphatic rings. The minimum absolute atomic E-state index is 0.187. The number of hydrogen-bond acceptors (Lipinski definition) is 3. The number of carbonyl (C=O) groups is 2. The number of cyclic esters (lactones) is 1. The van der Waals surface area contributed by atoms with Gasteiger partial charge in [0.25, 0.3) is 0 Å². The predicted octanol–water partition coefficient (Wildman–Crippen LogP) is 4.06. The highest BCUT2D eigenvalue weighted by atomic mass is 16.5. The summed E-state index contributed by atoms with van der Waals surface area (Å²) in [6.07, 6.45) is 8.69. The van der Waals surface area contributed by atoms with Crippen molar-refractivity contribution in [1.82, 2.24) is 0 Å². The molecule has 2 saturated carbocycles. The van der Waals surface area contributed by atoms with Gasteiger partial charge in [0, 0.05) is 18.9 Å². The Kier molecular flexibility index (Phi) is 3.94. The van der Waals surface area contributed by atoms with Gasteiger partial charge in [-0.05, 0) is 60.3 Å². The summed E-state index contributed by atoms with van der Waals surface area (Å²) < 4.78 is 5.03. The van der Waals surface area contributed by atoms with Crippen LogP contribution in [0.4, 0.5) is 0 Å². The first-order chi connectivity index (χ1) is 10.3. The Hall–Kier alpha value is -1.12. The number of hydrogen-bond donors (Lipinski definition) is 0. The van der Waals surface area contributed by atoms with Crippen LogP contribution in [0.1, 0.15) is 65.7 Å². The van der Waals surface area contributed by atoms with E-state index in [1.807, 2.05) is 0 Å². The normalized spacial score (nSPS) is 41.9. The van der Waals surface area contributed by atoms with Gasteiger partial charge in [-0.25, -0.2) is 4.79 Å². The summed E-state index contributed by atoms with van der Waals surface area (Å²) in [5.74, 6) is 1.57. The van der Waals surface area contributed by atoms with Gasteiger partial charge in [0.05, 0.1) is 0 Å². The molecular formula is C19H28O3. The lowest BCUT2D eigenvalue weighted by Crippen LogP contribution is -2.51. The van der Waals surface area contributed by atoms with Crippen molar-refractivity contribution in [3.8, 4) is 0 Å².